The second-order valence-corrected chi connectivity index (χ2v) is 3.75. The molecule has 0 N–H and O–H groups in total. The molecule has 0 saturated carbocycles. The summed E-state index contributed by atoms with van der Waals surface area (Å²) in [5, 5.41) is 0. The van der Waals surface area contributed by atoms with E-state index in [0.29, 0.717) is 12.3 Å². The molecule has 0 aliphatic carbocycles. The van der Waals surface area contributed by atoms with Gasteiger partial charge in [-0.15, -0.1) is 18.2 Å². The number of aldehydes is 1. The zero-order valence-corrected chi connectivity index (χ0v) is 8.63. The molecular weight excluding hydrogens is 180 g/mol. The van der Waals surface area contributed by atoms with E-state index in [1.807, 2.05) is 6.08 Å². The second kappa shape index (κ2) is 7.98. The zero-order valence-electron chi connectivity index (χ0n) is 6.46. The first-order valence-electron chi connectivity index (χ1n) is 3.57. The van der Waals surface area contributed by atoms with Crippen molar-refractivity contribution < 1.29 is 9.22 Å². The molecule has 0 aliphatic rings. The minimum atomic E-state index is -0.529. The average molecular weight is 193 g/mol. The van der Waals surface area contributed by atoms with Crippen molar-refractivity contribution in [2.24, 2.45) is 0 Å². The molecule has 0 amide bonds. The summed E-state index contributed by atoms with van der Waals surface area (Å²) in [6, 6.07) is 0.937. The number of carbonyl (C=O) groups excluding carboxylic acids is 1. The van der Waals surface area contributed by atoms with Gasteiger partial charge in [0, 0.05) is 12.3 Å². The zero-order chi connectivity index (χ0) is 8.53. The van der Waals surface area contributed by atoms with E-state index in [1.54, 1.807) is 0 Å². The lowest BCUT2D eigenvalue weighted by Crippen LogP contribution is -2.17. The molecule has 4 heteroatoms. The van der Waals surface area contributed by atoms with Gasteiger partial charge in [0.15, 0.2) is 9.76 Å². The molecule has 0 aromatic rings. The molecule has 0 spiro atoms. The number of carbonyl (C=O) groups is 1. The smallest absolute Gasteiger partial charge is 0.165 e. The van der Waals surface area contributed by atoms with Crippen LogP contribution in [0.25, 0.3) is 0 Å². The normalized spacial score (nSPS) is 13.5. The first-order valence-corrected chi connectivity index (χ1v) is 5.68. The van der Waals surface area contributed by atoms with Gasteiger partial charge >= 0.3 is 0 Å². The largest absolute Gasteiger partial charge is 0.419 e. The van der Waals surface area contributed by atoms with E-state index in [2.05, 4.69) is 6.58 Å². The Balaban J connectivity index is 3.34. The van der Waals surface area contributed by atoms with Crippen LogP contribution in [0.5, 0.6) is 0 Å². The molecule has 11 heavy (non-hydrogen) atoms. The molecule has 0 saturated heterocycles. The SMILES string of the molecule is C=CC[SiH2]OC(CCl)CC=O. The highest BCUT2D eigenvalue weighted by Gasteiger charge is 2.04. The predicted molar refractivity (Wildman–Crippen MR) is 49.8 cm³/mol. The van der Waals surface area contributed by atoms with Gasteiger partial charge in [0.05, 0.1) is 6.10 Å². The molecular formula is C7H13ClO2Si. The molecule has 0 aromatic heterocycles. The molecule has 0 bridgehead atoms. The molecule has 0 aliphatic heterocycles. The summed E-state index contributed by atoms with van der Waals surface area (Å²) < 4.78 is 5.38. The Labute approximate surface area is 74.5 Å². The van der Waals surface area contributed by atoms with Crippen molar-refractivity contribution in [1.82, 2.24) is 0 Å². The van der Waals surface area contributed by atoms with Gasteiger partial charge in [0.2, 0.25) is 0 Å². The molecule has 64 valence electrons. The average Bonchev–Trinajstić information content (AvgIpc) is 2.03. The summed E-state index contributed by atoms with van der Waals surface area (Å²) in [6.45, 7) is 3.58. The minimum Gasteiger partial charge on any atom is -0.419 e. The maximum atomic E-state index is 10.1. The molecule has 0 fully saturated rings. The van der Waals surface area contributed by atoms with Gasteiger partial charge in [0.25, 0.3) is 0 Å². The van der Waals surface area contributed by atoms with Gasteiger partial charge in [-0.05, 0) is 6.04 Å². The van der Waals surface area contributed by atoms with Crippen LogP contribution in [0.4, 0.5) is 0 Å². The monoisotopic (exact) mass is 192 g/mol. The topological polar surface area (TPSA) is 26.3 Å². The Hall–Kier alpha value is -0.123. The van der Waals surface area contributed by atoms with Crippen molar-refractivity contribution in [2.75, 3.05) is 5.88 Å². The van der Waals surface area contributed by atoms with Crippen LogP contribution in [-0.4, -0.2) is 28.0 Å². The molecule has 0 rings (SSSR count). The van der Waals surface area contributed by atoms with Crippen molar-refractivity contribution in [2.45, 2.75) is 18.6 Å². The maximum Gasteiger partial charge on any atom is 0.165 e. The lowest BCUT2D eigenvalue weighted by molar-refractivity contribution is -0.109. The summed E-state index contributed by atoms with van der Waals surface area (Å²) in [7, 11) is -0.529. The van der Waals surface area contributed by atoms with E-state index in [4.69, 9.17) is 16.0 Å². The summed E-state index contributed by atoms with van der Waals surface area (Å²) in [4.78, 5) is 10.1. The van der Waals surface area contributed by atoms with Crippen LogP contribution in [0, 0.1) is 0 Å². The minimum absolute atomic E-state index is 0.0687. The van der Waals surface area contributed by atoms with E-state index in [9.17, 15) is 4.79 Å². The van der Waals surface area contributed by atoms with Crippen LogP contribution in [0.1, 0.15) is 6.42 Å². The Kier molecular flexibility index (Phi) is 7.89. The van der Waals surface area contributed by atoms with Crippen LogP contribution in [0.3, 0.4) is 0 Å². The van der Waals surface area contributed by atoms with Gasteiger partial charge in [-0.2, -0.15) is 0 Å². The molecule has 1 unspecified atom stereocenters. The molecule has 1 atom stereocenters. The highest BCUT2D eigenvalue weighted by atomic mass is 35.5. The standard InChI is InChI=1S/C7H13ClO2Si/c1-2-5-11-10-7(6-8)3-4-9/h2,4,7H,1,3,5-6,11H2. The first-order chi connectivity index (χ1) is 5.35. The van der Waals surface area contributed by atoms with Crippen LogP contribution in [-0.2, 0) is 9.22 Å². The lowest BCUT2D eigenvalue weighted by Gasteiger charge is -2.10. The van der Waals surface area contributed by atoms with Crippen molar-refractivity contribution in [1.29, 1.82) is 0 Å². The fourth-order valence-electron chi connectivity index (χ4n) is 0.601. The number of alkyl halides is 1. The second-order valence-electron chi connectivity index (χ2n) is 2.13. The Morgan fingerprint density at radius 2 is 2.45 bits per heavy atom. The lowest BCUT2D eigenvalue weighted by atomic mass is 10.3. The number of halogens is 1. The highest BCUT2D eigenvalue weighted by molar-refractivity contribution is 6.28. The fourth-order valence-corrected chi connectivity index (χ4v) is 1.86. The van der Waals surface area contributed by atoms with Crippen LogP contribution >= 0.6 is 11.6 Å². The highest BCUT2D eigenvalue weighted by Crippen LogP contribution is 1.99. The molecule has 2 nitrogen and oxygen atoms in total. The van der Waals surface area contributed by atoms with E-state index >= 15 is 0 Å². The number of hydrogen-bond donors (Lipinski definition) is 0. The third kappa shape index (κ3) is 6.28. The van der Waals surface area contributed by atoms with E-state index in [0.717, 1.165) is 12.3 Å². The number of hydrogen-bond acceptors (Lipinski definition) is 2. The maximum absolute atomic E-state index is 10.1. The van der Waals surface area contributed by atoms with Crippen molar-refractivity contribution in [3.8, 4) is 0 Å². The van der Waals surface area contributed by atoms with Crippen molar-refractivity contribution >= 4 is 27.7 Å². The predicted octanol–water partition coefficient (Wildman–Crippen LogP) is 0.887. The van der Waals surface area contributed by atoms with E-state index < -0.39 is 9.76 Å². The summed E-state index contributed by atoms with van der Waals surface area (Å²) in [5.41, 5.74) is 0. The Morgan fingerprint density at radius 3 is 2.91 bits per heavy atom. The Morgan fingerprint density at radius 1 is 1.73 bits per heavy atom. The van der Waals surface area contributed by atoms with Gasteiger partial charge < -0.3 is 9.22 Å². The van der Waals surface area contributed by atoms with Crippen molar-refractivity contribution in [3.63, 3.8) is 0 Å². The van der Waals surface area contributed by atoms with Crippen molar-refractivity contribution in [3.05, 3.63) is 12.7 Å². The Bertz CT molecular complexity index is 119. The third-order valence-corrected chi connectivity index (χ3v) is 2.90. The number of rotatable bonds is 7. The quantitative estimate of drug-likeness (QED) is 0.197. The molecule has 0 radical (unpaired) electrons. The summed E-state index contributed by atoms with van der Waals surface area (Å²) >= 11 is 5.54. The van der Waals surface area contributed by atoms with Crippen LogP contribution < -0.4 is 0 Å². The molecule has 0 aromatic carbocycles. The first kappa shape index (κ1) is 10.9. The van der Waals surface area contributed by atoms with E-state index in [1.165, 1.54) is 0 Å². The third-order valence-electron chi connectivity index (χ3n) is 1.21. The fraction of sp³-hybridized carbons (Fsp3) is 0.571. The number of allylic oxidation sites excluding steroid dienone is 1. The van der Waals surface area contributed by atoms with Gasteiger partial charge in [0.1, 0.15) is 6.29 Å². The van der Waals surface area contributed by atoms with E-state index in [-0.39, 0.29) is 6.10 Å². The summed E-state index contributed by atoms with van der Waals surface area (Å²) in [6.07, 6.45) is 3.02. The van der Waals surface area contributed by atoms with Gasteiger partial charge in [-0.25, -0.2) is 0 Å². The molecule has 0 heterocycles. The van der Waals surface area contributed by atoms with Gasteiger partial charge in [-0.1, -0.05) is 6.08 Å². The van der Waals surface area contributed by atoms with Crippen LogP contribution in [0.15, 0.2) is 12.7 Å². The summed E-state index contributed by atoms with van der Waals surface area (Å²) in [5.74, 6) is 0.406. The van der Waals surface area contributed by atoms with Gasteiger partial charge in [-0.3, -0.25) is 0 Å². The van der Waals surface area contributed by atoms with Crippen LogP contribution in [0.2, 0.25) is 6.04 Å².